The molecule has 0 aliphatic carbocycles. The Labute approximate surface area is 109 Å². The molecule has 0 amide bonds. The van der Waals surface area contributed by atoms with E-state index in [1.54, 1.807) is 0 Å². The molecule has 0 fully saturated rings. The molecular weight excluding hydrogens is 244 g/mol. The molecule has 2 aromatic carbocycles. The highest BCUT2D eigenvalue weighted by atomic mass is 32.2. The highest BCUT2D eigenvalue weighted by Crippen LogP contribution is 2.40. The van der Waals surface area contributed by atoms with Crippen LogP contribution < -0.4 is 0 Å². The minimum Gasteiger partial charge on any atom is -0.139 e. The van der Waals surface area contributed by atoms with Gasteiger partial charge in [-0.3, -0.25) is 0 Å². The minimum atomic E-state index is 1.30. The van der Waals surface area contributed by atoms with E-state index in [-0.39, 0.29) is 0 Å². The van der Waals surface area contributed by atoms with Gasteiger partial charge in [-0.05, 0) is 25.1 Å². The summed E-state index contributed by atoms with van der Waals surface area (Å²) < 4.78 is 1.38. The number of thiophene rings is 1. The van der Waals surface area contributed by atoms with Crippen molar-refractivity contribution in [2.45, 2.75) is 16.7 Å². The number of hydrogen-bond acceptors (Lipinski definition) is 2. The third kappa shape index (κ3) is 2.11. The Morgan fingerprint density at radius 3 is 2.41 bits per heavy atom. The van der Waals surface area contributed by atoms with E-state index in [2.05, 4.69) is 61.5 Å². The molecule has 0 saturated carbocycles. The Bertz CT molecular complexity index is 638. The van der Waals surface area contributed by atoms with Crippen molar-refractivity contribution in [3.8, 4) is 0 Å². The highest BCUT2D eigenvalue weighted by Gasteiger charge is 2.09. The number of rotatable bonds is 2. The first-order valence-electron chi connectivity index (χ1n) is 5.55. The molecule has 17 heavy (non-hydrogen) atoms. The molecule has 0 bridgehead atoms. The van der Waals surface area contributed by atoms with Crippen molar-refractivity contribution in [1.82, 2.24) is 0 Å². The number of hydrogen-bond donors (Lipinski definition) is 0. The third-order valence-corrected chi connectivity index (χ3v) is 5.13. The van der Waals surface area contributed by atoms with Gasteiger partial charge in [0.1, 0.15) is 0 Å². The summed E-state index contributed by atoms with van der Waals surface area (Å²) in [5.74, 6) is 0. The van der Waals surface area contributed by atoms with E-state index in [1.807, 2.05) is 23.1 Å². The van der Waals surface area contributed by atoms with Crippen LogP contribution in [0.15, 0.2) is 64.4 Å². The van der Waals surface area contributed by atoms with Gasteiger partial charge in [0.2, 0.25) is 0 Å². The van der Waals surface area contributed by atoms with Gasteiger partial charge >= 0.3 is 0 Å². The summed E-state index contributed by atoms with van der Waals surface area (Å²) in [6.45, 7) is 2.20. The van der Waals surface area contributed by atoms with Crippen LogP contribution in [0.5, 0.6) is 0 Å². The van der Waals surface area contributed by atoms with Crippen molar-refractivity contribution >= 4 is 33.2 Å². The first-order chi connectivity index (χ1) is 8.34. The van der Waals surface area contributed by atoms with Crippen LogP contribution >= 0.6 is 23.1 Å². The zero-order chi connectivity index (χ0) is 11.7. The lowest BCUT2D eigenvalue weighted by atomic mass is 10.2. The van der Waals surface area contributed by atoms with E-state index in [4.69, 9.17) is 0 Å². The van der Waals surface area contributed by atoms with Gasteiger partial charge in [0.05, 0.1) is 0 Å². The molecule has 0 nitrogen and oxygen atoms in total. The Morgan fingerprint density at radius 1 is 0.882 bits per heavy atom. The molecule has 1 aromatic heterocycles. The van der Waals surface area contributed by atoms with Crippen molar-refractivity contribution in [1.29, 1.82) is 0 Å². The summed E-state index contributed by atoms with van der Waals surface area (Å²) >= 11 is 3.74. The fraction of sp³-hybridized carbons (Fsp3) is 0.0667. The second-order valence-corrected chi connectivity index (χ2v) is 6.24. The maximum atomic E-state index is 2.21. The van der Waals surface area contributed by atoms with Gasteiger partial charge < -0.3 is 0 Å². The normalized spacial score (nSPS) is 10.9. The van der Waals surface area contributed by atoms with Crippen LogP contribution in [0.2, 0.25) is 0 Å². The van der Waals surface area contributed by atoms with Crippen molar-refractivity contribution in [3.05, 3.63) is 59.5 Å². The second-order valence-electron chi connectivity index (χ2n) is 3.90. The quantitative estimate of drug-likeness (QED) is 0.594. The number of benzene rings is 2. The average Bonchev–Trinajstić information content (AvgIpc) is 2.68. The van der Waals surface area contributed by atoms with Gasteiger partial charge in [-0.1, -0.05) is 48.2 Å². The maximum Gasteiger partial charge on any atom is 0.0357 e. The smallest absolute Gasteiger partial charge is 0.0357 e. The summed E-state index contributed by atoms with van der Waals surface area (Å²) in [6, 6.07) is 19.2. The van der Waals surface area contributed by atoms with Gasteiger partial charge in [0.25, 0.3) is 0 Å². The van der Waals surface area contributed by atoms with Crippen LogP contribution in [0.4, 0.5) is 0 Å². The zero-order valence-corrected chi connectivity index (χ0v) is 11.1. The third-order valence-electron chi connectivity index (χ3n) is 2.68. The fourth-order valence-corrected chi connectivity index (χ4v) is 4.11. The molecule has 0 unspecified atom stereocenters. The second kappa shape index (κ2) is 4.55. The Balaban J connectivity index is 2.08. The predicted molar refractivity (Wildman–Crippen MR) is 77.1 cm³/mol. The van der Waals surface area contributed by atoms with Gasteiger partial charge in [-0.25, -0.2) is 0 Å². The lowest BCUT2D eigenvalue weighted by Crippen LogP contribution is -1.73. The van der Waals surface area contributed by atoms with E-state index >= 15 is 0 Å². The molecule has 3 aromatic rings. The van der Waals surface area contributed by atoms with E-state index in [0.717, 1.165) is 0 Å². The fourth-order valence-electron chi connectivity index (χ4n) is 1.88. The zero-order valence-electron chi connectivity index (χ0n) is 9.51. The molecule has 0 aliphatic rings. The van der Waals surface area contributed by atoms with E-state index < -0.39 is 0 Å². The first-order valence-corrected chi connectivity index (χ1v) is 7.19. The van der Waals surface area contributed by atoms with Crippen LogP contribution in [0.3, 0.4) is 0 Å². The highest BCUT2D eigenvalue weighted by molar-refractivity contribution is 7.99. The van der Waals surface area contributed by atoms with E-state index in [0.29, 0.717) is 0 Å². The summed E-state index contributed by atoms with van der Waals surface area (Å²) in [6.07, 6.45) is 0. The summed E-state index contributed by atoms with van der Waals surface area (Å²) in [5, 5.41) is 1.38. The Morgan fingerprint density at radius 2 is 1.59 bits per heavy atom. The number of aryl methyl sites for hydroxylation is 1. The Kier molecular flexibility index (Phi) is 2.91. The molecule has 0 aliphatic heterocycles. The van der Waals surface area contributed by atoms with E-state index in [1.165, 1.54) is 24.8 Å². The SMILES string of the molecule is Cc1sc2ccccc2c1Sc1ccccc1. The molecule has 0 atom stereocenters. The molecule has 84 valence electrons. The van der Waals surface area contributed by atoms with Gasteiger partial charge in [0.15, 0.2) is 0 Å². The number of fused-ring (bicyclic) bond motifs is 1. The lowest BCUT2D eigenvalue weighted by Gasteiger charge is -2.01. The van der Waals surface area contributed by atoms with Gasteiger partial charge in [0, 0.05) is 24.8 Å². The molecule has 0 saturated heterocycles. The van der Waals surface area contributed by atoms with Crippen molar-refractivity contribution < 1.29 is 0 Å². The van der Waals surface area contributed by atoms with Crippen LogP contribution in [0.1, 0.15) is 4.88 Å². The molecule has 2 heteroatoms. The van der Waals surface area contributed by atoms with Crippen molar-refractivity contribution in [2.24, 2.45) is 0 Å². The van der Waals surface area contributed by atoms with E-state index in [9.17, 15) is 0 Å². The van der Waals surface area contributed by atoms with Gasteiger partial charge in [-0.15, -0.1) is 11.3 Å². The lowest BCUT2D eigenvalue weighted by molar-refractivity contribution is 1.41. The average molecular weight is 256 g/mol. The largest absolute Gasteiger partial charge is 0.139 e. The maximum absolute atomic E-state index is 2.21. The molecule has 1 heterocycles. The molecule has 3 rings (SSSR count). The Hall–Kier alpha value is -1.25. The summed E-state index contributed by atoms with van der Waals surface area (Å²) in [5.41, 5.74) is 0. The van der Waals surface area contributed by atoms with Crippen molar-refractivity contribution in [2.75, 3.05) is 0 Å². The van der Waals surface area contributed by atoms with Crippen LogP contribution in [0.25, 0.3) is 10.1 Å². The van der Waals surface area contributed by atoms with Crippen molar-refractivity contribution in [3.63, 3.8) is 0 Å². The van der Waals surface area contributed by atoms with Crippen LogP contribution in [-0.2, 0) is 0 Å². The summed E-state index contributed by atoms with van der Waals surface area (Å²) in [7, 11) is 0. The predicted octanol–water partition coefficient (Wildman–Crippen LogP) is 5.36. The minimum absolute atomic E-state index is 1.30. The van der Waals surface area contributed by atoms with Crippen LogP contribution in [0, 0.1) is 6.92 Å². The first kappa shape index (κ1) is 10.9. The monoisotopic (exact) mass is 256 g/mol. The van der Waals surface area contributed by atoms with Gasteiger partial charge in [-0.2, -0.15) is 0 Å². The summed E-state index contributed by atoms with van der Waals surface area (Å²) in [4.78, 5) is 4.11. The molecular formula is C15H12S2. The van der Waals surface area contributed by atoms with Crippen LogP contribution in [-0.4, -0.2) is 0 Å². The molecule has 0 spiro atoms. The topological polar surface area (TPSA) is 0 Å². The molecule has 0 N–H and O–H groups in total. The molecule has 0 radical (unpaired) electrons. The standard InChI is InChI=1S/C15H12S2/c1-11-15(17-12-7-3-2-4-8-12)13-9-5-6-10-14(13)16-11/h2-10H,1H3.